The topological polar surface area (TPSA) is 35.5 Å². The number of methoxy groups -OCH3 is 1. The number of hydrogen-bond donors (Lipinski definition) is 0. The lowest BCUT2D eigenvalue weighted by Gasteiger charge is -2.15. The first-order valence-corrected chi connectivity index (χ1v) is 8.38. The second-order valence-electron chi connectivity index (χ2n) is 5.92. The van der Waals surface area contributed by atoms with Crippen LogP contribution in [0.5, 0.6) is 5.75 Å². The number of rotatable bonds is 6. The van der Waals surface area contributed by atoms with Crippen molar-refractivity contribution in [2.45, 2.75) is 32.3 Å². The van der Waals surface area contributed by atoms with E-state index < -0.39 is 0 Å². The van der Waals surface area contributed by atoms with Crippen LogP contribution in [0, 0.1) is 0 Å². The zero-order valence-corrected chi connectivity index (χ0v) is 14.1. The van der Waals surface area contributed by atoms with Crippen molar-refractivity contribution >= 4 is 11.5 Å². The average Bonchev–Trinajstić information content (AvgIpc) is 2.97. The van der Waals surface area contributed by atoms with Gasteiger partial charge in [-0.3, -0.25) is 0 Å². The molecule has 0 amide bonds. The molecule has 1 heterocycles. The maximum atomic E-state index is 12.5. The van der Waals surface area contributed by atoms with Crippen LogP contribution < -0.4 is 4.74 Å². The Morgan fingerprint density at radius 3 is 2.38 bits per heavy atom. The molecule has 3 rings (SSSR count). The predicted octanol–water partition coefficient (Wildman–Crippen LogP) is 4.94. The van der Waals surface area contributed by atoms with E-state index in [1.54, 1.807) is 7.11 Å². The van der Waals surface area contributed by atoms with Gasteiger partial charge in [0.2, 0.25) is 0 Å². The van der Waals surface area contributed by atoms with Crippen molar-refractivity contribution in [1.82, 2.24) is 0 Å². The van der Waals surface area contributed by atoms with Crippen LogP contribution in [0.15, 0.2) is 60.2 Å². The van der Waals surface area contributed by atoms with Gasteiger partial charge in [0.25, 0.3) is 0 Å². The summed E-state index contributed by atoms with van der Waals surface area (Å²) in [6.07, 6.45) is 2.44. The Labute approximate surface area is 142 Å². The van der Waals surface area contributed by atoms with E-state index in [1.807, 2.05) is 54.6 Å². The summed E-state index contributed by atoms with van der Waals surface area (Å²) in [5.41, 5.74) is 3.81. The SMILES string of the molecule is CCCCC1=C(c2ccc(OC)cc2)C(c2ccccc2)OC1=O. The highest BCUT2D eigenvalue weighted by atomic mass is 16.5. The van der Waals surface area contributed by atoms with Gasteiger partial charge in [-0.25, -0.2) is 4.79 Å². The lowest BCUT2D eigenvalue weighted by molar-refractivity contribution is -0.139. The smallest absolute Gasteiger partial charge is 0.335 e. The Hall–Kier alpha value is -2.55. The van der Waals surface area contributed by atoms with E-state index in [4.69, 9.17) is 9.47 Å². The van der Waals surface area contributed by atoms with Crippen molar-refractivity contribution in [3.05, 3.63) is 71.3 Å². The molecule has 1 aliphatic heterocycles. The third-order valence-electron chi connectivity index (χ3n) is 4.34. The predicted molar refractivity (Wildman–Crippen MR) is 94.7 cm³/mol. The largest absolute Gasteiger partial charge is 0.497 e. The minimum Gasteiger partial charge on any atom is -0.497 e. The lowest BCUT2D eigenvalue weighted by Crippen LogP contribution is -2.03. The molecular formula is C21H22O3. The summed E-state index contributed by atoms with van der Waals surface area (Å²) >= 11 is 0. The van der Waals surface area contributed by atoms with E-state index in [9.17, 15) is 4.79 Å². The molecule has 0 aromatic heterocycles. The molecule has 2 aromatic carbocycles. The van der Waals surface area contributed by atoms with E-state index in [0.29, 0.717) is 0 Å². The number of esters is 1. The molecule has 1 unspecified atom stereocenters. The Morgan fingerprint density at radius 1 is 1.04 bits per heavy atom. The molecule has 0 bridgehead atoms. The van der Waals surface area contributed by atoms with Crippen LogP contribution in [-0.4, -0.2) is 13.1 Å². The summed E-state index contributed by atoms with van der Waals surface area (Å²) < 4.78 is 11.0. The second kappa shape index (κ2) is 7.35. The van der Waals surface area contributed by atoms with E-state index in [1.165, 1.54) is 0 Å². The Balaban J connectivity index is 2.06. The highest BCUT2D eigenvalue weighted by Crippen LogP contribution is 2.43. The number of benzene rings is 2. The number of ether oxygens (including phenoxy) is 2. The highest BCUT2D eigenvalue weighted by Gasteiger charge is 2.35. The van der Waals surface area contributed by atoms with E-state index in [0.717, 1.165) is 47.3 Å². The standard InChI is InChI=1S/C21H22O3/c1-3-4-10-18-19(15-11-13-17(23-2)14-12-15)20(24-21(18)22)16-8-6-5-7-9-16/h5-9,11-14,20H,3-4,10H2,1-2H3. The first-order valence-electron chi connectivity index (χ1n) is 8.38. The molecule has 1 aliphatic rings. The van der Waals surface area contributed by atoms with Crippen molar-refractivity contribution in [1.29, 1.82) is 0 Å². The minimum atomic E-state index is -0.334. The first kappa shape index (κ1) is 16.3. The van der Waals surface area contributed by atoms with Crippen molar-refractivity contribution in [2.24, 2.45) is 0 Å². The Kier molecular flexibility index (Phi) is 4.99. The fourth-order valence-corrected chi connectivity index (χ4v) is 3.05. The molecule has 0 radical (unpaired) electrons. The lowest BCUT2D eigenvalue weighted by atomic mass is 9.91. The van der Waals surface area contributed by atoms with E-state index >= 15 is 0 Å². The van der Waals surface area contributed by atoms with Crippen molar-refractivity contribution in [3.63, 3.8) is 0 Å². The van der Waals surface area contributed by atoms with Crippen molar-refractivity contribution < 1.29 is 14.3 Å². The highest BCUT2D eigenvalue weighted by molar-refractivity contribution is 6.03. The molecule has 3 heteroatoms. The molecule has 0 saturated carbocycles. The van der Waals surface area contributed by atoms with Crippen LogP contribution in [0.1, 0.15) is 43.4 Å². The van der Waals surface area contributed by atoms with Crippen LogP contribution in [0.4, 0.5) is 0 Å². The van der Waals surface area contributed by atoms with Crippen LogP contribution in [0.3, 0.4) is 0 Å². The van der Waals surface area contributed by atoms with Gasteiger partial charge in [0.1, 0.15) is 5.75 Å². The summed E-state index contributed by atoms with van der Waals surface area (Å²) in [5, 5.41) is 0. The minimum absolute atomic E-state index is 0.192. The molecule has 24 heavy (non-hydrogen) atoms. The fourth-order valence-electron chi connectivity index (χ4n) is 3.05. The number of cyclic esters (lactones) is 1. The third-order valence-corrected chi connectivity index (χ3v) is 4.34. The van der Waals surface area contributed by atoms with Crippen molar-refractivity contribution in [3.8, 4) is 5.75 Å². The summed E-state index contributed by atoms with van der Waals surface area (Å²) in [5.74, 6) is 0.610. The zero-order valence-electron chi connectivity index (χ0n) is 14.1. The summed E-state index contributed by atoms with van der Waals surface area (Å²) in [4.78, 5) is 12.5. The second-order valence-corrected chi connectivity index (χ2v) is 5.92. The molecule has 0 saturated heterocycles. The van der Waals surface area contributed by atoms with Crippen molar-refractivity contribution in [2.75, 3.05) is 7.11 Å². The van der Waals surface area contributed by atoms with Gasteiger partial charge in [-0.05, 0) is 36.1 Å². The molecule has 124 valence electrons. The van der Waals surface area contributed by atoms with Gasteiger partial charge in [-0.2, -0.15) is 0 Å². The molecule has 0 spiro atoms. The average molecular weight is 322 g/mol. The summed E-state index contributed by atoms with van der Waals surface area (Å²) in [6.45, 7) is 2.13. The van der Waals surface area contributed by atoms with Gasteiger partial charge in [0, 0.05) is 11.1 Å². The molecule has 0 aliphatic carbocycles. The molecule has 2 aromatic rings. The monoisotopic (exact) mass is 322 g/mol. The number of carbonyl (C=O) groups excluding carboxylic acids is 1. The Morgan fingerprint density at radius 2 is 1.75 bits per heavy atom. The van der Waals surface area contributed by atoms with Crippen LogP contribution in [-0.2, 0) is 9.53 Å². The molecule has 0 fully saturated rings. The first-order chi connectivity index (χ1) is 11.7. The number of hydrogen-bond acceptors (Lipinski definition) is 3. The Bertz CT molecular complexity index is 729. The summed E-state index contributed by atoms with van der Waals surface area (Å²) in [7, 11) is 1.65. The maximum Gasteiger partial charge on any atom is 0.335 e. The maximum absolute atomic E-state index is 12.5. The summed E-state index contributed by atoms with van der Waals surface area (Å²) in [6, 6.07) is 17.8. The zero-order chi connectivity index (χ0) is 16.9. The van der Waals surface area contributed by atoms with Crippen LogP contribution >= 0.6 is 0 Å². The fraction of sp³-hybridized carbons (Fsp3) is 0.286. The van der Waals surface area contributed by atoms with Crippen LogP contribution in [0.25, 0.3) is 5.57 Å². The molecule has 1 atom stereocenters. The van der Waals surface area contributed by atoms with Gasteiger partial charge in [-0.15, -0.1) is 0 Å². The van der Waals surface area contributed by atoms with Gasteiger partial charge in [-0.1, -0.05) is 55.8 Å². The molecule has 3 nitrogen and oxygen atoms in total. The normalized spacial score (nSPS) is 17.1. The quantitative estimate of drug-likeness (QED) is 0.707. The van der Waals surface area contributed by atoms with Gasteiger partial charge >= 0.3 is 5.97 Å². The molecular weight excluding hydrogens is 300 g/mol. The van der Waals surface area contributed by atoms with Gasteiger partial charge in [0.15, 0.2) is 6.10 Å². The van der Waals surface area contributed by atoms with Gasteiger partial charge < -0.3 is 9.47 Å². The van der Waals surface area contributed by atoms with Gasteiger partial charge in [0.05, 0.1) is 7.11 Å². The molecule has 0 N–H and O–H groups in total. The third kappa shape index (κ3) is 3.21. The van der Waals surface area contributed by atoms with Crippen LogP contribution in [0.2, 0.25) is 0 Å². The van der Waals surface area contributed by atoms with E-state index in [2.05, 4.69) is 6.92 Å². The number of carbonyl (C=O) groups is 1. The van der Waals surface area contributed by atoms with E-state index in [-0.39, 0.29) is 12.1 Å². The number of unbranched alkanes of at least 4 members (excludes halogenated alkanes) is 1.